The smallest absolute Gasteiger partial charge is 0.253 e. The third-order valence-corrected chi connectivity index (χ3v) is 3.74. The summed E-state index contributed by atoms with van der Waals surface area (Å²) >= 11 is 0. The molecule has 1 heterocycles. The van der Waals surface area contributed by atoms with E-state index in [-0.39, 0.29) is 24.4 Å². The van der Waals surface area contributed by atoms with E-state index in [2.05, 4.69) is 9.88 Å². The Morgan fingerprint density at radius 1 is 1.30 bits per heavy atom. The summed E-state index contributed by atoms with van der Waals surface area (Å²) in [6.07, 6.45) is 0. The first-order valence-corrected chi connectivity index (χ1v) is 7.32. The lowest BCUT2D eigenvalue weighted by molar-refractivity contribution is 0.0940. The molecule has 0 bridgehead atoms. The van der Waals surface area contributed by atoms with Crippen molar-refractivity contribution in [3.8, 4) is 11.4 Å². The highest BCUT2D eigenvalue weighted by Gasteiger charge is 2.17. The molecule has 1 amide bonds. The summed E-state index contributed by atoms with van der Waals surface area (Å²) in [6, 6.07) is 9.62. The fourth-order valence-corrected chi connectivity index (χ4v) is 2.48. The van der Waals surface area contributed by atoms with E-state index in [0.717, 1.165) is 22.8 Å². The van der Waals surface area contributed by atoms with Gasteiger partial charge in [-0.15, -0.1) is 12.4 Å². The van der Waals surface area contributed by atoms with E-state index in [4.69, 9.17) is 10.5 Å². The molecule has 0 unspecified atom stereocenters. The van der Waals surface area contributed by atoms with Crippen LogP contribution in [-0.4, -0.2) is 30.2 Å². The maximum absolute atomic E-state index is 12.3. The van der Waals surface area contributed by atoms with Crippen LogP contribution in [-0.2, 0) is 0 Å². The van der Waals surface area contributed by atoms with Gasteiger partial charge < -0.3 is 20.4 Å². The first-order valence-electron chi connectivity index (χ1n) is 7.32. The highest BCUT2D eigenvalue weighted by atomic mass is 35.5. The molecule has 3 N–H and O–H groups in total. The van der Waals surface area contributed by atoms with E-state index >= 15 is 0 Å². The number of nitrogens with one attached hydrogen (secondary N) is 1. The molecule has 23 heavy (non-hydrogen) atoms. The van der Waals surface area contributed by atoms with Crippen LogP contribution in [0.5, 0.6) is 5.75 Å². The Balaban J connectivity index is 0.00000264. The maximum Gasteiger partial charge on any atom is 0.253 e. The minimum absolute atomic E-state index is 0. The van der Waals surface area contributed by atoms with Crippen LogP contribution in [0.25, 0.3) is 5.69 Å². The van der Waals surface area contributed by atoms with Gasteiger partial charge >= 0.3 is 0 Å². The van der Waals surface area contributed by atoms with Crippen molar-refractivity contribution < 1.29 is 9.53 Å². The van der Waals surface area contributed by atoms with Gasteiger partial charge in [0.1, 0.15) is 5.75 Å². The SMILES string of the molecule is COc1ccc(-n2c(C)cc(C(=O)N[C@@H](C)CN)c2C)cc1.Cl. The summed E-state index contributed by atoms with van der Waals surface area (Å²) in [5, 5.41) is 2.90. The summed E-state index contributed by atoms with van der Waals surface area (Å²) in [5.41, 5.74) is 9.15. The summed E-state index contributed by atoms with van der Waals surface area (Å²) < 4.78 is 7.24. The second kappa shape index (κ2) is 8.04. The quantitative estimate of drug-likeness (QED) is 0.881. The summed E-state index contributed by atoms with van der Waals surface area (Å²) in [6.45, 7) is 6.24. The van der Waals surface area contributed by atoms with Crippen molar-refractivity contribution in [2.75, 3.05) is 13.7 Å². The lowest BCUT2D eigenvalue weighted by atomic mass is 10.2. The summed E-state index contributed by atoms with van der Waals surface area (Å²) in [4.78, 5) is 12.3. The fourth-order valence-electron chi connectivity index (χ4n) is 2.48. The molecule has 0 aliphatic heterocycles. The van der Waals surface area contributed by atoms with Crippen LogP contribution in [0.3, 0.4) is 0 Å². The lowest BCUT2D eigenvalue weighted by Gasteiger charge is -2.12. The van der Waals surface area contributed by atoms with Crippen molar-refractivity contribution >= 4 is 18.3 Å². The number of nitrogens with two attached hydrogens (primary N) is 1. The predicted octanol–water partition coefficient (Wildman–Crippen LogP) is 2.60. The average Bonchev–Trinajstić information content (AvgIpc) is 2.82. The summed E-state index contributed by atoms with van der Waals surface area (Å²) in [5.74, 6) is 0.715. The number of hydrogen-bond acceptors (Lipinski definition) is 3. The average molecular weight is 338 g/mol. The molecule has 0 spiro atoms. The zero-order valence-electron chi connectivity index (χ0n) is 13.9. The van der Waals surface area contributed by atoms with Crippen LogP contribution in [0, 0.1) is 13.8 Å². The molecule has 126 valence electrons. The number of halogens is 1. The minimum atomic E-state index is -0.0918. The zero-order valence-corrected chi connectivity index (χ0v) is 14.7. The van der Waals surface area contributed by atoms with Gasteiger partial charge in [0.05, 0.1) is 12.7 Å². The van der Waals surface area contributed by atoms with E-state index in [1.54, 1.807) is 7.11 Å². The Labute approximate surface area is 143 Å². The molecular weight excluding hydrogens is 314 g/mol. The number of nitrogens with zero attached hydrogens (tertiary/aromatic N) is 1. The molecular formula is C17H24ClN3O2. The number of aromatic nitrogens is 1. The first-order chi connectivity index (χ1) is 10.5. The number of aryl methyl sites for hydroxylation is 1. The van der Waals surface area contributed by atoms with Gasteiger partial charge in [-0.2, -0.15) is 0 Å². The Bertz CT molecular complexity index is 665. The first kappa shape index (κ1) is 19.1. The summed E-state index contributed by atoms with van der Waals surface area (Å²) in [7, 11) is 1.64. The van der Waals surface area contributed by atoms with Crippen LogP contribution in [0.4, 0.5) is 0 Å². The highest BCUT2D eigenvalue weighted by Crippen LogP contribution is 2.22. The molecule has 1 aromatic carbocycles. The molecule has 0 radical (unpaired) electrons. The Kier molecular flexibility index (Phi) is 6.66. The fraction of sp³-hybridized carbons (Fsp3) is 0.353. The normalized spacial score (nSPS) is 11.5. The molecule has 0 fully saturated rings. The number of hydrogen-bond donors (Lipinski definition) is 2. The molecule has 0 saturated heterocycles. The molecule has 0 aliphatic rings. The minimum Gasteiger partial charge on any atom is -0.497 e. The van der Waals surface area contributed by atoms with E-state index in [9.17, 15) is 4.79 Å². The maximum atomic E-state index is 12.3. The van der Waals surface area contributed by atoms with Gasteiger partial charge in [0, 0.05) is 29.7 Å². The molecule has 1 aromatic heterocycles. The van der Waals surface area contributed by atoms with Gasteiger partial charge in [-0.3, -0.25) is 4.79 Å². The van der Waals surface area contributed by atoms with Crippen molar-refractivity contribution in [2.24, 2.45) is 5.73 Å². The number of carbonyl (C=O) groups excluding carboxylic acids is 1. The third-order valence-electron chi connectivity index (χ3n) is 3.74. The second-order valence-corrected chi connectivity index (χ2v) is 5.43. The van der Waals surface area contributed by atoms with Gasteiger partial charge in [0.2, 0.25) is 0 Å². The van der Waals surface area contributed by atoms with E-state index in [1.807, 2.05) is 51.1 Å². The second-order valence-electron chi connectivity index (χ2n) is 5.43. The van der Waals surface area contributed by atoms with Crippen molar-refractivity contribution in [3.05, 3.63) is 47.3 Å². The number of rotatable bonds is 5. The Morgan fingerprint density at radius 3 is 2.43 bits per heavy atom. The van der Waals surface area contributed by atoms with Gasteiger partial charge in [0.25, 0.3) is 5.91 Å². The molecule has 1 atom stereocenters. The molecule has 2 aromatic rings. The van der Waals surface area contributed by atoms with Crippen LogP contribution in [0.2, 0.25) is 0 Å². The molecule has 5 nitrogen and oxygen atoms in total. The number of benzene rings is 1. The molecule has 0 aliphatic carbocycles. The van der Waals surface area contributed by atoms with Crippen LogP contribution < -0.4 is 15.8 Å². The number of amides is 1. The van der Waals surface area contributed by atoms with Crippen LogP contribution in [0.1, 0.15) is 28.7 Å². The van der Waals surface area contributed by atoms with E-state index in [0.29, 0.717) is 12.1 Å². The van der Waals surface area contributed by atoms with Crippen molar-refractivity contribution in [1.82, 2.24) is 9.88 Å². The van der Waals surface area contributed by atoms with Crippen molar-refractivity contribution in [3.63, 3.8) is 0 Å². The van der Waals surface area contributed by atoms with Gasteiger partial charge in [0.15, 0.2) is 0 Å². The third kappa shape index (κ3) is 4.06. The highest BCUT2D eigenvalue weighted by molar-refractivity contribution is 5.96. The van der Waals surface area contributed by atoms with Gasteiger partial charge in [-0.25, -0.2) is 0 Å². The standard InChI is InChI=1S/C17H23N3O2.ClH/c1-11(10-18)19-17(21)16-9-12(2)20(13(16)3)14-5-7-15(22-4)8-6-14;/h5-9,11H,10,18H2,1-4H3,(H,19,21);1H/t11-;/m0./s1. The van der Waals surface area contributed by atoms with Gasteiger partial charge in [-0.05, 0) is 51.1 Å². The van der Waals surface area contributed by atoms with E-state index in [1.165, 1.54) is 0 Å². The lowest BCUT2D eigenvalue weighted by Crippen LogP contribution is -2.37. The van der Waals surface area contributed by atoms with Crippen LogP contribution in [0.15, 0.2) is 30.3 Å². The van der Waals surface area contributed by atoms with Crippen molar-refractivity contribution in [1.29, 1.82) is 0 Å². The van der Waals surface area contributed by atoms with Crippen LogP contribution >= 0.6 is 12.4 Å². The molecule has 6 heteroatoms. The molecule has 2 rings (SSSR count). The number of methoxy groups -OCH3 is 1. The van der Waals surface area contributed by atoms with Gasteiger partial charge in [-0.1, -0.05) is 0 Å². The monoisotopic (exact) mass is 337 g/mol. The Morgan fingerprint density at radius 2 is 1.91 bits per heavy atom. The number of carbonyl (C=O) groups is 1. The number of ether oxygens (including phenoxy) is 1. The topological polar surface area (TPSA) is 69.3 Å². The molecule has 0 saturated carbocycles. The zero-order chi connectivity index (χ0) is 16.3. The van der Waals surface area contributed by atoms with Crippen molar-refractivity contribution in [2.45, 2.75) is 26.8 Å². The predicted molar refractivity (Wildman–Crippen MR) is 95.0 cm³/mol. The Hall–Kier alpha value is -1.98. The largest absolute Gasteiger partial charge is 0.497 e. The van der Waals surface area contributed by atoms with E-state index < -0.39 is 0 Å².